The monoisotopic (exact) mass is 493 g/mol. The van der Waals surface area contributed by atoms with E-state index in [4.69, 9.17) is 20.8 Å². The zero-order valence-electron chi connectivity index (χ0n) is 18.7. The summed E-state index contributed by atoms with van der Waals surface area (Å²) >= 11 is 7.81. The Morgan fingerprint density at radius 1 is 1.03 bits per heavy atom. The summed E-state index contributed by atoms with van der Waals surface area (Å²) in [6, 6.07) is 22.0. The highest BCUT2D eigenvalue weighted by Gasteiger charge is 2.18. The molecule has 0 bridgehead atoms. The van der Waals surface area contributed by atoms with Crippen molar-refractivity contribution in [3.05, 3.63) is 94.7 Å². The number of hydrogen-bond donors (Lipinski definition) is 0. The van der Waals surface area contributed by atoms with Crippen LogP contribution in [0.2, 0.25) is 5.02 Å². The van der Waals surface area contributed by atoms with Gasteiger partial charge in [-0.15, -0.1) is 11.3 Å². The van der Waals surface area contributed by atoms with Gasteiger partial charge in [0.2, 0.25) is 11.7 Å². The Balaban J connectivity index is 1.47. The number of nitrogens with zero attached hydrogens (tertiary/aromatic N) is 1. The zero-order chi connectivity index (χ0) is 23.9. The maximum atomic E-state index is 12.9. The first kappa shape index (κ1) is 23.8. The van der Waals surface area contributed by atoms with Gasteiger partial charge in [-0.2, -0.15) is 0 Å². The van der Waals surface area contributed by atoms with Crippen molar-refractivity contribution in [1.82, 2.24) is 0 Å². The lowest BCUT2D eigenvalue weighted by atomic mass is 10.2. The molecule has 0 saturated carbocycles. The predicted molar refractivity (Wildman–Crippen MR) is 136 cm³/mol. The molecule has 0 saturated heterocycles. The molecule has 2 aromatic heterocycles. The largest absolute Gasteiger partial charge is 0.457 e. The van der Waals surface area contributed by atoms with Crippen molar-refractivity contribution < 1.29 is 18.7 Å². The molecule has 0 aliphatic rings. The average molecular weight is 494 g/mol. The number of unbranched alkanes of at least 4 members (excludes halogenated alkanes) is 1. The fraction of sp³-hybridized carbons (Fsp3) is 0.185. The standard InChI is InChI=1S/C27H24ClNO4S/c1-2-3-9-26(30)29(21-7-4-6-20(28)17-21)18-23-14-15-25(34-23)19-10-12-22(13-11-19)33-27(31)24-8-5-16-32-24/h4-8,10-17H,2-3,9,18H2,1H3. The van der Waals surface area contributed by atoms with Gasteiger partial charge in [-0.1, -0.05) is 31.0 Å². The van der Waals surface area contributed by atoms with E-state index in [1.54, 1.807) is 46.6 Å². The zero-order valence-corrected chi connectivity index (χ0v) is 20.3. The summed E-state index contributed by atoms with van der Waals surface area (Å²) in [4.78, 5) is 28.9. The first-order valence-electron chi connectivity index (χ1n) is 11.0. The van der Waals surface area contributed by atoms with Gasteiger partial charge >= 0.3 is 5.97 Å². The first-order chi connectivity index (χ1) is 16.5. The van der Waals surface area contributed by atoms with Crippen LogP contribution in [0.1, 0.15) is 41.6 Å². The lowest BCUT2D eigenvalue weighted by Crippen LogP contribution is -2.29. The highest BCUT2D eigenvalue weighted by atomic mass is 35.5. The SMILES string of the molecule is CCCCC(=O)N(Cc1ccc(-c2ccc(OC(=O)c3ccco3)cc2)s1)c1cccc(Cl)c1. The van der Waals surface area contributed by atoms with Crippen molar-refractivity contribution in [1.29, 1.82) is 0 Å². The molecule has 7 heteroatoms. The Bertz CT molecular complexity index is 1250. The van der Waals surface area contributed by atoms with E-state index in [0.29, 0.717) is 23.7 Å². The third kappa shape index (κ3) is 5.95. The minimum Gasteiger partial charge on any atom is -0.457 e. The molecule has 34 heavy (non-hydrogen) atoms. The van der Waals surface area contributed by atoms with Crippen LogP contribution in [-0.4, -0.2) is 11.9 Å². The van der Waals surface area contributed by atoms with Crippen molar-refractivity contribution in [2.45, 2.75) is 32.7 Å². The van der Waals surface area contributed by atoms with E-state index < -0.39 is 5.97 Å². The maximum absolute atomic E-state index is 12.9. The second-order valence-corrected chi connectivity index (χ2v) is 9.33. The van der Waals surface area contributed by atoms with E-state index in [2.05, 4.69) is 6.92 Å². The second-order valence-electron chi connectivity index (χ2n) is 7.72. The third-order valence-electron chi connectivity index (χ3n) is 5.21. The van der Waals surface area contributed by atoms with Gasteiger partial charge in [0.05, 0.1) is 12.8 Å². The summed E-state index contributed by atoms with van der Waals surface area (Å²) in [7, 11) is 0. The number of carbonyl (C=O) groups excluding carboxylic acids is 2. The van der Waals surface area contributed by atoms with Crippen LogP contribution in [0.15, 0.2) is 83.5 Å². The molecule has 1 amide bonds. The molecule has 0 spiro atoms. The number of hydrogen-bond acceptors (Lipinski definition) is 5. The molecular formula is C27H24ClNO4S. The molecule has 4 rings (SSSR count). The van der Waals surface area contributed by atoms with Crippen LogP contribution < -0.4 is 9.64 Å². The maximum Gasteiger partial charge on any atom is 0.379 e. The fourth-order valence-electron chi connectivity index (χ4n) is 3.44. The van der Waals surface area contributed by atoms with E-state index in [9.17, 15) is 9.59 Å². The highest BCUT2D eigenvalue weighted by Crippen LogP contribution is 2.32. The fourth-order valence-corrected chi connectivity index (χ4v) is 4.63. The Kier molecular flexibility index (Phi) is 7.83. The van der Waals surface area contributed by atoms with E-state index in [1.165, 1.54) is 6.26 Å². The molecule has 0 aliphatic heterocycles. The number of halogens is 1. The van der Waals surface area contributed by atoms with Crippen LogP contribution in [0, 0.1) is 0 Å². The predicted octanol–water partition coefficient (Wildman–Crippen LogP) is 7.60. The van der Waals surface area contributed by atoms with Gasteiger partial charge in [-0.3, -0.25) is 4.79 Å². The van der Waals surface area contributed by atoms with Crippen LogP contribution in [0.3, 0.4) is 0 Å². The van der Waals surface area contributed by atoms with Crippen LogP contribution in [0.25, 0.3) is 10.4 Å². The van der Waals surface area contributed by atoms with Crippen molar-refractivity contribution in [2.75, 3.05) is 4.90 Å². The minimum atomic E-state index is -0.537. The van der Waals surface area contributed by atoms with Crippen molar-refractivity contribution in [3.63, 3.8) is 0 Å². The van der Waals surface area contributed by atoms with Crippen LogP contribution in [0.4, 0.5) is 5.69 Å². The molecule has 2 heterocycles. The number of thiophene rings is 1. The van der Waals surface area contributed by atoms with E-state index >= 15 is 0 Å². The first-order valence-corrected chi connectivity index (χ1v) is 12.2. The summed E-state index contributed by atoms with van der Waals surface area (Å²) in [5, 5.41) is 0.602. The number of rotatable bonds is 9. The molecule has 174 valence electrons. The van der Waals surface area contributed by atoms with Gasteiger partial charge < -0.3 is 14.1 Å². The summed E-state index contributed by atoms with van der Waals surface area (Å²) < 4.78 is 10.4. The van der Waals surface area contributed by atoms with Crippen molar-refractivity contribution >= 4 is 40.5 Å². The van der Waals surface area contributed by atoms with Crippen molar-refractivity contribution in [3.8, 4) is 16.2 Å². The van der Waals surface area contributed by atoms with Gasteiger partial charge in [0.15, 0.2) is 0 Å². The van der Waals surface area contributed by atoms with Crippen LogP contribution in [-0.2, 0) is 11.3 Å². The van der Waals surface area contributed by atoms with Crippen molar-refractivity contribution in [2.24, 2.45) is 0 Å². The number of esters is 1. The topological polar surface area (TPSA) is 59.8 Å². The molecular weight excluding hydrogens is 470 g/mol. The Hall–Kier alpha value is -3.35. The number of anilines is 1. The molecule has 0 fully saturated rings. The minimum absolute atomic E-state index is 0.0850. The number of carbonyl (C=O) groups is 2. The summed E-state index contributed by atoms with van der Waals surface area (Å²) in [5.41, 5.74) is 1.80. The summed E-state index contributed by atoms with van der Waals surface area (Å²) in [5.74, 6) is 0.145. The normalized spacial score (nSPS) is 10.8. The van der Waals surface area contributed by atoms with Gasteiger partial charge in [-0.25, -0.2) is 4.79 Å². The van der Waals surface area contributed by atoms with Crippen LogP contribution in [0.5, 0.6) is 5.75 Å². The molecule has 0 radical (unpaired) electrons. The molecule has 2 aromatic carbocycles. The molecule has 0 aliphatic carbocycles. The molecule has 4 aromatic rings. The molecule has 0 unspecified atom stereocenters. The average Bonchev–Trinajstić information content (AvgIpc) is 3.54. The Labute approximate surface area is 207 Å². The molecule has 5 nitrogen and oxygen atoms in total. The van der Waals surface area contributed by atoms with E-state index in [0.717, 1.165) is 33.8 Å². The second kappa shape index (κ2) is 11.2. The molecule has 0 atom stereocenters. The van der Waals surface area contributed by atoms with E-state index in [1.807, 2.05) is 42.5 Å². The lowest BCUT2D eigenvalue weighted by molar-refractivity contribution is -0.118. The third-order valence-corrected chi connectivity index (χ3v) is 6.57. The lowest BCUT2D eigenvalue weighted by Gasteiger charge is -2.22. The van der Waals surface area contributed by atoms with Crippen LogP contribution >= 0.6 is 22.9 Å². The number of furan rings is 1. The number of amides is 1. The van der Waals surface area contributed by atoms with Gasteiger partial charge in [-0.05, 0) is 78.7 Å². The summed E-state index contributed by atoms with van der Waals surface area (Å²) in [6.45, 7) is 2.55. The van der Waals surface area contributed by atoms with Gasteiger partial charge in [0, 0.05) is 26.9 Å². The number of benzene rings is 2. The molecule has 0 N–H and O–H groups in total. The van der Waals surface area contributed by atoms with E-state index in [-0.39, 0.29) is 11.7 Å². The smallest absolute Gasteiger partial charge is 0.379 e. The summed E-state index contributed by atoms with van der Waals surface area (Å²) in [6.07, 6.45) is 3.74. The number of ether oxygens (including phenoxy) is 1. The Morgan fingerprint density at radius 3 is 2.56 bits per heavy atom. The van der Waals surface area contributed by atoms with Gasteiger partial charge in [0.1, 0.15) is 5.75 Å². The Morgan fingerprint density at radius 2 is 1.85 bits per heavy atom. The quantitative estimate of drug-likeness (QED) is 0.178. The van der Waals surface area contributed by atoms with Gasteiger partial charge in [0.25, 0.3) is 0 Å². The highest BCUT2D eigenvalue weighted by molar-refractivity contribution is 7.15.